The molecule has 0 amide bonds. The van der Waals surface area contributed by atoms with E-state index in [0.29, 0.717) is 0 Å². The van der Waals surface area contributed by atoms with Gasteiger partial charge >= 0.3 is 0 Å². The van der Waals surface area contributed by atoms with Crippen LogP contribution in [0.3, 0.4) is 0 Å². The summed E-state index contributed by atoms with van der Waals surface area (Å²) in [6.07, 6.45) is 2.47. The maximum atomic E-state index is 5.90. The van der Waals surface area contributed by atoms with Crippen molar-refractivity contribution in [2.45, 2.75) is 33.2 Å². The van der Waals surface area contributed by atoms with Gasteiger partial charge in [-0.25, -0.2) is 0 Å². The maximum Gasteiger partial charge on any atom is 0.124 e. The van der Waals surface area contributed by atoms with Crippen molar-refractivity contribution >= 4 is 0 Å². The molecule has 0 aromatic carbocycles. The summed E-state index contributed by atoms with van der Waals surface area (Å²) in [5, 5.41) is 3.80. The van der Waals surface area contributed by atoms with Gasteiger partial charge in [-0.15, -0.1) is 0 Å². The third kappa shape index (κ3) is 2.66. The van der Waals surface area contributed by atoms with Crippen molar-refractivity contribution in [3.8, 4) is 0 Å². The monoisotopic (exact) mass is 168 g/mol. The molecule has 1 aromatic heterocycles. The summed E-state index contributed by atoms with van der Waals surface area (Å²) in [6, 6.07) is 1.81. The first-order chi connectivity index (χ1) is 5.49. The van der Waals surface area contributed by atoms with Gasteiger partial charge in [0.05, 0.1) is 6.04 Å². The van der Waals surface area contributed by atoms with Crippen LogP contribution < -0.4 is 5.73 Å². The number of aromatic nitrogens is 1. The van der Waals surface area contributed by atoms with Crippen molar-refractivity contribution < 1.29 is 4.52 Å². The molecule has 0 aliphatic heterocycles. The van der Waals surface area contributed by atoms with Gasteiger partial charge in [-0.1, -0.05) is 25.9 Å². The summed E-state index contributed by atoms with van der Waals surface area (Å²) < 4.78 is 4.72. The zero-order chi connectivity index (χ0) is 9.19. The van der Waals surface area contributed by atoms with Gasteiger partial charge in [0.2, 0.25) is 0 Å². The van der Waals surface area contributed by atoms with Gasteiger partial charge in [0, 0.05) is 6.07 Å². The van der Waals surface area contributed by atoms with Gasteiger partial charge < -0.3 is 10.3 Å². The van der Waals surface area contributed by atoms with Crippen molar-refractivity contribution in [1.29, 1.82) is 0 Å². The van der Waals surface area contributed by atoms with E-state index in [1.54, 1.807) is 6.26 Å². The predicted molar refractivity (Wildman–Crippen MR) is 47.5 cm³/mol. The van der Waals surface area contributed by atoms with Crippen molar-refractivity contribution in [3.63, 3.8) is 0 Å². The average Bonchev–Trinajstić information content (AvgIpc) is 2.32. The van der Waals surface area contributed by atoms with E-state index in [-0.39, 0.29) is 11.5 Å². The van der Waals surface area contributed by atoms with Crippen LogP contribution in [0.25, 0.3) is 0 Å². The zero-order valence-electron chi connectivity index (χ0n) is 7.87. The van der Waals surface area contributed by atoms with Crippen LogP contribution in [0.4, 0.5) is 0 Å². The molecule has 1 unspecified atom stereocenters. The molecule has 0 radical (unpaired) electrons. The van der Waals surface area contributed by atoms with Crippen molar-refractivity contribution in [3.05, 3.63) is 18.0 Å². The lowest BCUT2D eigenvalue weighted by molar-refractivity contribution is 0.329. The molecule has 1 aromatic rings. The molecule has 3 nitrogen and oxygen atoms in total. The topological polar surface area (TPSA) is 52.0 Å². The highest BCUT2D eigenvalue weighted by atomic mass is 16.5. The van der Waals surface area contributed by atoms with Gasteiger partial charge in [-0.2, -0.15) is 0 Å². The second kappa shape index (κ2) is 3.27. The molecule has 1 rings (SSSR count). The Labute approximate surface area is 72.9 Å². The van der Waals surface area contributed by atoms with Gasteiger partial charge in [-0.3, -0.25) is 0 Å². The Morgan fingerprint density at radius 2 is 2.25 bits per heavy atom. The number of hydrogen-bond acceptors (Lipinski definition) is 3. The first-order valence-electron chi connectivity index (χ1n) is 4.15. The molecule has 0 fully saturated rings. The fourth-order valence-corrected chi connectivity index (χ4v) is 1.18. The summed E-state index contributed by atoms with van der Waals surface area (Å²) >= 11 is 0. The highest BCUT2D eigenvalue weighted by molar-refractivity contribution is 5.02. The highest BCUT2D eigenvalue weighted by Crippen LogP contribution is 2.26. The van der Waals surface area contributed by atoms with Crippen LogP contribution in [0, 0.1) is 5.41 Å². The SMILES string of the molecule is CC(C)(C)CC(N)c1ccon1. The molecular formula is C9H16N2O. The lowest BCUT2D eigenvalue weighted by atomic mass is 9.87. The van der Waals surface area contributed by atoms with E-state index < -0.39 is 0 Å². The minimum Gasteiger partial charge on any atom is -0.364 e. The zero-order valence-corrected chi connectivity index (χ0v) is 7.87. The minimum atomic E-state index is -0.0104. The van der Waals surface area contributed by atoms with Crippen LogP contribution in [0.2, 0.25) is 0 Å². The lowest BCUT2D eigenvalue weighted by Gasteiger charge is -2.21. The van der Waals surface area contributed by atoms with Crippen LogP contribution in [-0.2, 0) is 0 Å². The summed E-state index contributed by atoms with van der Waals surface area (Å²) in [4.78, 5) is 0. The molecule has 0 aliphatic carbocycles. The van der Waals surface area contributed by atoms with E-state index >= 15 is 0 Å². The smallest absolute Gasteiger partial charge is 0.124 e. The van der Waals surface area contributed by atoms with E-state index in [0.717, 1.165) is 12.1 Å². The Bertz CT molecular complexity index is 223. The second-order valence-corrected chi connectivity index (χ2v) is 4.30. The predicted octanol–water partition coefficient (Wildman–Crippen LogP) is 2.11. The second-order valence-electron chi connectivity index (χ2n) is 4.30. The third-order valence-corrected chi connectivity index (χ3v) is 1.67. The van der Waals surface area contributed by atoms with E-state index in [1.807, 2.05) is 6.07 Å². The van der Waals surface area contributed by atoms with Gasteiger partial charge in [0.15, 0.2) is 0 Å². The molecular weight excluding hydrogens is 152 g/mol. The Hall–Kier alpha value is -0.830. The Morgan fingerprint density at radius 1 is 1.58 bits per heavy atom. The molecule has 68 valence electrons. The minimum absolute atomic E-state index is 0.0104. The summed E-state index contributed by atoms with van der Waals surface area (Å²) in [6.45, 7) is 6.48. The van der Waals surface area contributed by atoms with Crippen LogP contribution in [0.1, 0.15) is 38.9 Å². The van der Waals surface area contributed by atoms with Crippen LogP contribution in [0.5, 0.6) is 0 Å². The quantitative estimate of drug-likeness (QED) is 0.735. The molecule has 0 bridgehead atoms. The molecule has 0 aliphatic rings. The van der Waals surface area contributed by atoms with Crippen molar-refractivity contribution in [2.24, 2.45) is 11.1 Å². The van der Waals surface area contributed by atoms with E-state index in [1.165, 1.54) is 0 Å². The third-order valence-electron chi connectivity index (χ3n) is 1.67. The molecule has 1 heterocycles. The molecule has 3 heteroatoms. The highest BCUT2D eigenvalue weighted by Gasteiger charge is 2.18. The number of nitrogens with two attached hydrogens (primary N) is 1. The fourth-order valence-electron chi connectivity index (χ4n) is 1.18. The largest absolute Gasteiger partial charge is 0.364 e. The molecule has 0 saturated carbocycles. The van der Waals surface area contributed by atoms with Gasteiger partial charge in [0.1, 0.15) is 12.0 Å². The maximum absolute atomic E-state index is 5.90. The summed E-state index contributed by atoms with van der Waals surface area (Å²) in [7, 11) is 0. The molecule has 0 spiro atoms. The molecule has 2 N–H and O–H groups in total. The van der Waals surface area contributed by atoms with Crippen molar-refractivity contribution in [2.75, 3.05) is 0 Å². The van der Waals surface area contributed by atoms with E-state index in [2.05, 4.69) is 25.9 Å². The average molecular weight is 168 g/mol. The van der Waals surface area contributed by atoms with E-state index in [4.69, 9.17) is 10.3 Å². The molecule has 1 atom stereocenters. The number of nitrogens with zero attached hydrogens (tertiary/aromatic N) is 1. The normalized spacial score (nSPS) is 14.7. The number of rotatable bonds is 2. The fraction of sp³-hybridized carbons (Fsp3) is 0.667. The van der Waals surface area contributed by atoms with Crippen molar-refractivity contribution in [1.82, 2.24) is 5.16 Å². The summed E-state index contributed by atoms with van der Waals surface area (Å²) in [5.41, 5.74) is 6.98. The van der Waals surface area contributed by atoms with E-state index in [9.17, 15) is 0 Å². The lowest BCUT2D eigenvalue weighted by Crippen LogP contribution is -2.18. The number of hydrogen-bond donors (Lipinski definition) is 1. The van der Waals surface area contributed by atoms with Crippen LogP contribution in [-0.4, -0.2) is 5.16 Å². The van der Waals surface area contributed by atoms with Crippen LogP contribution in [0.15, 0.2) is 16.9 Å². The Morgan fingerprint density at radius 3 is 2.67 bits per heavy atom. The van der Waals surface area contributed by atoms with Gasteiger partial charge in [0.25, 0.3) is 0 Å². The molecule has 0 saturated heterocycles. The Balaban J connectivity index is 2.56. The Kier molecular flexibility index (Phi) is 2.52. The first kappa shape index (κ1) is 9.26. The molecule has 12 heavy (non-hydrogen) atoms. The van der Waals surface area contributed by atoms with Crippen LogP contribution >= 0.6 is 0 Å². The standard InChI is InChI=1S/C9H16N2O/c1-9(2,3)6-7(10)8-4-5-12-11-8/h4-5,7H,6,10H2,1-3H3. The first-order valence-corrected chi connectivity index (χ1v) is 4.15. The summed E-state index contributed by atoms with van der Waals surface area (Å²) in [5.74, 6) is 0. The van der Waals surface area contributed by atoms with Gasteiger partial charge in [-0.05, 0) is 11.8 Å².